The molecule has 0 aromatic heterocycles. The Morgan fingerprint density at radius 1 is 1.29 bits per heavy atom. The predicted octanol–water partition coefficient (Wildman–Crippen LogP) is 2.32. The van der Waals surface area contributed by atoms with Crippen LogP contribution in [0.4, 0.5) is 0 Å². The lowest BCUT2D eigenvalue weighted by molar-refractivity contribution is 0.104. The first-order valence-corrected chi connectivity index (χ1v) is 7.23. The third-order valence-corrected chi connectivity index (χ3v) is 3.38. The third-order valence-electron chi connectivity index (χ3n) is 3.38. The molecule has 0 spiro atoms. The van der Waals surface area contributed by atoms with Gasteiger partial charge < -0.3 is 15.0 Å². The van der Waals surface area contributed by atoms with Gasteiger partial charge >= 0.3 is 0 Å². The van der Waals surface area contributed by atoms with E-state index in [4.69, 9.17) is 4.74 Å². The van der Waals surface area contributed by atoms with Crippen molar-refractivity contribution in [3.05, 3.63) is 41.6 Å². The van der Waals surface area contributed by atoms with E-state index >= 15 is 0 Å². The van der Waals surface area contributed by atoms with Gasteiger partial charge in [0.1, 0.15) is 12.4 Å². The number of fused-ring (bicyclic) bond motifs is 1. The highest BCUT2D eigenvalue weighted by Crippen LogP contribution is 2.23. The van der Waals surface area contributed by atoms with E-state index in [1.165, 1.54) is 0 Å². The summed E-state index contributed by atoms with van der Waals surface area (Å²) in [6.45, 7) is 6.58. The van der Waals surface area contributed by atoms with Crippen LogP contribution in [0.25, 0.3) is 0 Å². The topological polar surface area (TPSA) is 41.6 Å². The number of hydrogen-bond acceptors (Lipinski definition) is 4. The molecule has 0 bridgehead atoms. The first-order chi connectivity index (χ1) is 9.87. The fourth-order valence-corrected chi connectivity index (χ4v) is 2.60. The first kappa shape index (κ1) is 15.6. The Labute approximate surface area is 126 Å². The van der Waals surface area contributed by atoms with Gasteiger partial charge in [-0.15, -0.1) is 0 Å². The number of nitrogens with one attached hydrogen (secondary N) is 1. The fourth-order valence-electron chi connectivity index (χ4n) is 2.60. The maximum absolute atomic E-state index is 12.2. The molecule has 1 aliphatic heterocycles. The van der Waals surface area contributed by atoms with E-state index in [9.17, 15) is 4.79 Å². The molecule has 1 heterocycles. The van der Waals surface area contributed by atoms with Crippen molar-refractivity contribution in [2.45, 2.75) is 13.8 Å². The molecule has 0 amide bonds. The molecule has 0 saturated carbocycles. The second-order valence-corrected chi connectivity index (χ2v) is 6.57. The van der Waals surface area contributed by atoms with Crippen LogP contribution in [0.2, 0.25) is 0 Å². The van der Waals surface area contributed by atoms with Crippen LogP contribution in [0.15, 0.2) is 36.0 Å². The summed E-state index contributed by atoms with van der Waals surface area (Å²) < 4.78 is 5.72. The number of nitrogens with zero attached hydrogens (tertiary/aromatic N) is 1. The van der Waals surface area contributed by atoms with Crippen LogP contribution in [-0.4, -0.2) is 44.5 Å². The Bertz CT molecular complexity index is 547. The average molecular weight is 288 g/mol. The number of para-hydroxylation sites is 1. The molecule has 0 saturated heterocycles. The summed E-state index contributed by atoms with van der Waals surface area (Å²) in [6, 6.07) is 7.37. The monoisotopic (exact) mass is 288 g/mol. The van der Waals surface area contributed by atoms with Crippen LogP contribution in [0.5, 0.6) is 5.75 Å². The number of ketones is 1. The lowest BCUT2D eigenvalue weighted by Gasteiger charge is -2.29. The highest BCUT2D eigenvalue weighted by atomic mass is 16.5. The number of ether oxygens (including phenoxy) is 1. The van der Waals surface area contributed by atoms with Crippen molar-refractivity contribution in [2.24, 2.45) is 5.41 Å². The van der Waals surface area contributed by atoms with Crippen molar-refractivity contribution >= 4 is 5.78 Å². The Hall–Kier alpha value is -1.81. The third kappa shape index (κ3) is 4.33. The van der Waals surface area contributed by atoms with Crippen molar-refractivity contribution in [1.82, 2.24) is 10.2 Å². The zero-order chi connectivity index (χ0) is 15.5. The van der Waals surface area contributed by atoms with E-state index in [1.54, 1.807) is 12.1 Å². The zero-order valence-electron chi connectivity index (χ0n) is 13.3. The Balaban J connectivity index is 2.02. The molecular formula is C17H24N2O2. The zero-order valence-corrected chi connectivity index (χ0v) is 13.3. The van der Waals surface area contributed by atoms with Gasteiger partial charge in [0.15, 0.2) is 5.78 Å². The molecule has 1 aromatic rings. The first-order valence-electron chi connectivity index (χ1n) is 7.23. The smallest absolute Gasteiger partial charge is 0.191 e. The minimum absolute atomic E-state index is 0.00369. The second-order valence-electron chi connectivity index (χ2n) is 6.57. The normalized spacial score (nSPS) is 15.1. The van der Waals surface area contributed by atoms with Crippen molar-refractivity contribution in [1.29, 1.82) is 0 Å². The SMILES string of the molecule is CN(C)CC(C)(C)CNC1=CC(=O)c2ccccc2OC1. The quantitative estimate of drug-likeness (QED) is 0.903. The van der Waals surface area contributed by atoms with Gasteiger partial charge in [-0.05, 0) is 31.6 Å². The van der Waals surface area contributed by atoms with E-state index in [-0.39, 0.29) is 11.2 Å². The molecule has 0 radical (unpaired) electrons. The standard InChI is InChI=1S/C17H24N2O2/c1-17(2,12-19(3)4)11-18-13-9-15(20)14-7-5-6-8-16(14)21-10-13/h5-9,18H,10-12H2,1-4H3. The van der Waals surface area contributed by atoms with Crippen LogP contribution in [0, 0.1) is 5.41 Å². The van der Waals surface area contributed by atoms with Crippen LogP contribution in [0.3, 0.4) is 0 Å². The summed E-state index contributed by atoms with van der Waals surface area (Å²) >= 11 is 0. The average Bonchev–Trinajstić information content (AvgIpc) is 2.55. The maximum atomic E-state index is 12.2. The number of hydrogen-bond donors (Lipinski definition) is 1. The predicted molar refractivity (Wildman–Crippen MR) is 84.7 cm³/mol. The van der Waals surface area contributed by atoms with E-state index in [0.717, 1.165) is 18.8 Å². The second kappa shape index (κ2) is 6.31. The summed E-state index contributed by atoms with van der Waals surface area (Å²) in [7, 11) is 4.13. The molecule has 0 fully saturated rings. The lowest BCUT2D eigenvalue weighted by Crippen LogP contribution is -2.38. The summed E-state index contributed by atoms with van der Waals surface area (Å²) in [5, 5.41) is 3.36. The number of rotatable bonds is 5. The summed E-state index contributed by atoms with van der Waals surface area (Å²) in [4.78, 5) is 14.4. The van der Waals surface area contributed by atoms with Gasteiger partial charge in [-0.3, -0.25) is 4.79 Å². The van der Waals surface area contributed by atoms with E-state index < -0.39 is 0 Å². The summed E-state index contributed by atoms with van der Waals surface area (Å²) in [6.07, 6.45) is 1.65. The van der Waals surface area contributed by atoms with E-state index in [2.05, 4.69) is 38.2 Å². The Morgan fingerprint density at radius 2 is 2.00 bits per heavy atom. The molecule has 2 rings (SSSR count). The van der Waals surface area contributed by atoms with Gasteiger partial charge in [-0.1, -0.05) is 26.0 Å². The molecule has 4 heteroatoms. The van der Waals surface area contributed by atoms with Gasteiger partial charge in [-0.25, -0.2) is 0 Å². The van der Waals surface area contributed by atoms with Crippen LogP contribution < -0.4 is 10.1 Å². The molecule has 0 unspecified atom stereocenters. The molecule has 21 heavy (non-hydrogen) atoms. The van der Waals surface area contributed by atoms with Crippen molar-refractivity contribution in [2.75, 3.05) is 33.8 Å². The van der Waals surface area contributed by atoms with Crippen LogP contribution in [0.1, 0.15) is 24.2 Å². The number of carbonyl (C=O) groups excluding carboxylic acids is 1. The van der Waals surface area contributed by atoms with Gasteiger partial charge in [0.25, 0.3) is 0 Å². The summed E-state index contributed by atoms with van der Waals surface area (Å²) in [5.41, 5.74) is 1.58. The highest BCUT2D eigenvalue weighted by Gasteiger charge is 2.21. The number of benzene rings is 1. The molecule has 0 aliphatic carbocycles. The molecule has 1 N–H and O–H groups in total. The van der Waals surface area contributed by atoms with Crippen LogP contribution >= 0.6 is 0 Å². The van der Waals surface area contributed by atoms with Crippen molar-refractivity contribution < 1.29 is 9.53 Å². The lowest BCUT2D eigenvalue weighted by atomic mass is 9.93. The Kier molecular flexibility index (Phi) is 4.68. The Morgan fingerprint density at radius 3 is 2.71 bits per heavy atom. The van der Waals surface area contributed by atoms with Crippen molar-refractivity contribution in [3.63, 3.8) is 0 Å². The fraction of sp³-hybridized carbons (Fsp3) is 0.471. The molecule has 114 valence electrons. The molecule has 0 atom stereocenters. The molecule has 1 aromatic carbocycles. The molecular weight excluding hydrogens is 264 g/mol. The van der Waals surface area contributed by atoms with Gasteiger partial charge in [-0.2, -0.15) is 0 Å². The van der Waals surface area contributed by atoms with Gasteiger partial charge in [0.05, 0.1) is 11.3 Å². The molecule has 4 nitrogen and oxygen atoms in total. The summed E-state index contributed by atoms with van der Waals surface area (Å²) in [5.74, 6) is 0.652. The molecule has 1 aliphatic rings. The van der Waals surface area contributed by atoms with Gasteiger partial charge in [0, 0.05) is 19.2 Å². The maximum Gasteiger partial charge on any atom is 0.191 e. The highest BCUT2D eigenvalue weighted by molar-refractivity contribution is 6.07. The van der Waals surface area contributed by atoms with Crippen molar-refractivity contribution in [3.8, 4) is 5.75 Å². The number of allylic oxidation sites excluding steroid dienone is 1. The van der Waals surface area contributed by atoms with E-state index in [1.807, 2.05) is 18.2 Å². The number of carbonyl (C=O) groups is 1. The van der Waals surface area contributed by atoms with Gasteiger partial charge in [0.2, 0.25) is 0 Å². The minimum Gasteiger partial charge on any atom is -0.487 e. The largest absolute Gasteiger partial charge is 0.487 e. The van der Waals surface area contributed by atoms with Crippen LogP contribution in [-0.2, 0) is 0 Å². The van der Waals surface area contributed by atoms with E-state index in [0.29, 0.717) is 17.9 Å². The minimum atomic E-state index is -0.00369.